The fourth-order valence-corrected chi connectivity index (χ4v) is 3.57. The van der Waals surface area contributed by atoms with Crippen molar-refractivity contribution < 1.29 is 0 Å². The molecule has 0 amide bonds. The summed E-state index contributed by atoms with van der Waals surface area (Å²) in [6, 6.07) is 2.36. The molecule has 2 aliphatic rings. The van der Waals surface area contributed by atoms with Crippen molar-refractivity contribution in [2.75, 3.05) is 11.4 Å². The van der Waals surface area contributed by atoms with E-state index in [9.17, 15) is 0 Å². The fourth-order valence-electron chi connectivity index (χ4n) is 3.57. The number of nitrogens with zero attached hydrogens (tertiary/aromatic N) is 2. The molecule has 1 fully saturated rings. The molecular formula is C20H26N2. The number of anilines is 1. The number of pyridine rings is 1. The summed E-state index contributed by atoms with van der Waals surface area (Å²) in [5.74, 6) is 1.78. The zero-order valence-corrected chi connectivity index (χ0v) is 14.1. The zero-order chi connectivity index (χ0) is 15.9. The molecule has 1 aromatic heterocycles. The van der Waals surface area contributed by atoms with Gasteiger partial charge in [0.2, 0.25) is 0 Å². The molecule has 2 heteroatoms. The third-order valence-corrected chi connectivity index (χ3v) is 4.99. The molecule has 116 valence electrons. The lowest BCUT2D eigenvalue weighted by molar-refractivity contribution is 0.419. The second-order valence-corrected chi connectivity index (χ2v) is 6.65. The summed E-state index contributed by atoms with van der Waals surface area (Å²) in [5.41, 5.74) is 7.27. The predicted octanol–water partition coefficient (Wildman–Crippen LogP) is 5.44. The molecular weight excluding hydrogens is 268 g/mol. The van der Waals surface area contributed by atoms with E-state index in [1.54, 1.807) is 0 Å². The van der Waals surface area contributed by atoms with Crippen LogP contribution >= 0.6 is 0 Å². The van der Waals surface area contributed by atoms with Crippen LogP contribution in [0.1, 0.15) is 63.5 Å². The average molecular weight is 294 g/mol. The molecule has 2 nitrogen and oxygen atoms in total. The van der Waals surface area contributed by atoms with E-state index in [1.165, 1.54) is 41.5 Å². The Morgan fingerprint density at radius 2 is 2.14 bits per heavy atom. The summed E-state index contributed by atoms with van der Waals surface area (Å²) in [4.78, 5) is 7.08. The van der Waals surface area contributed by atoms with Crippen molar-refractivity contribution >= 4 is 11.4 Å². The maximum Gasteiger partial charge on any atom is 0.140 e. The smallest absolute Gasteiger partial charge is 0.140 e. The zero-order valence-electron chi connectivity index (χ0n) is 14.1. The summed E-state index contributed by atoms with van der Waals surface area (Å²) in [6.45, 7) is 15.9. The van der Waals surface area contributed by atoms with Gasteiger partial charge in [-0.2, -0.15) is 0 Å². The van der Waals surface area contributed by atoms with Crippen molar-refractivity contribution in [3.05, 3.63) is 53.4 Å². The highest BCUT2D eigenvalue weighted by Crippen LogP contribution is 2.43. The monoisotopic (exact) mass is 294 g/mol. The second-order valence-electron chi connectivity index (χ2n) is 6.65. The molecule has 0 radical (unpaired) electrons. The van der Waals surface area contributed by atoms with Crippen LogP contribution in [0, 0.1) is 0 Å². The molecule has 0 aromatic carbocycles. The molecule has 0 spiro atoms. The Balaban J connectivity index is 2.14. The fraction of sp³-hybridized carbons (Fsp3) is 0.450. The Hall–Kier alpha value is -1.83. The number of allylic oxidation sites excluding steroid dienone is 2. The Labute approximate surface area is 134 Å². The topological polar surface area (TPSA) is 16.1 Å². The molecule has 0 unspecified atom stereocenters. The summed E-state index contributed by atoms with van der Waals surface area (Å²) in [5, 5.41) is 0. The van der Waals surface area contributed by atoms with E-state index in [1.807, 2.05) is 0 Å². The first kappa shape index (κ1) is 15.1. The van der Waals surface area contributed by atoms with Crippen molar-refractivity contribution in [3.8, 4) is 0 Å². The van der Waals surface area contributed by atoms with Crippen LogP contribution in [-0.4, -0.2) is 11.5 Å². The quantitative estimate of drug-likeness (QED) is 0.734. The van der Waals surface area contributed by atoms with Crippen LogP contribution in [0.4, 0.5) is 5.82 Å². The van der Waals surface area contributed by atoms with E-state index in [0.29, 0.717) is 5.92 Å². The standard InChI is InChI=1S/C20H26N2/c1-6-10-22-15(5)19(13(2)3)14(4)18-11-17(12-21-20(18)22)16-8-7-9-16/h11-12,16H,2,5-10H2,1,3-4H3. The van der Waals surface area contributed by atoms with E-state index in [2.05, 4.69) is 51.1 Å². The van der Waals surface area contributed by atoms with Gasteiger partial charge in [0.25, 0.3) is 0 Å². The van der Waals surface area contributed by atoms with Crippen LogP contribution in [0.2, 0.25) is 0 Å². The van der Waals surface area contributed by atoms with E-state index >= 15 is 0 Å². The summed E-state index contributed by atoms with van der Waals surface area (Å²) < 4.78 is 0. The number of hydrogen-bond acceptors (Lipinski definition) is 2. The first-order valence-corrected chi connectivity index (χ1v) is 8.38. The molecule has 22 heavy (non-hydrogen) atoms. The minimum absolute atomic E-state index is 0.712. The molecule has 3 rings (SSSR count). The van der Waals surface area contributed by atoms with Gasteiger partial charge in [0.1, 0.15) is 5.82 Å². The van der Waals surface area contributed by atoms with Crippen molar-refractivity contribution in [2.24, 2.45) is 0 Å². The first-order chi connectivity index (χ1) is 10.5. The van der Waals surface area contributed by atoms with Crippen LogP contribution in [0.25, 0.3) is 5.57 Å². The van der Waals surface area contributed by atoms with Crippen LogP contribution in [0.3, 0.4) is 0 Å². The Bertz CT molecular complexity index is 662. The molecule has 0 atom stereocenters. The first-order valence-electron chi connectivity index (χ1n) is 8.38. The van der Waals surface area contributed by atoms with Gasteiger partial charge in [0.15, 0.2) is 0 Å². The molecule has 1 aromatic rings. The highest BCUT2D eigenvalue weighted by atomic mass is 15.2. The van der Waals surface area contributed by atoms with Crippen LogP contribution in [0.15, 0.2) is 42.3 Å². The summed E-state index contributed by atoms with van der Waals surface area (Å²) in [6.07, 6.45) is 7.13. The van der Waals surface area contributed by atoms with Gasteiger partial charge in [-0.25, -0.2) is 4.98 Å². The van der Waals surface area contributed by atoms with Crippen LogP contribution in [-0.2, 0) is 0 Å². The third-order valence-electron chi connectivity index (χ3n) is 4.99. The Morgan fingerprint density at radius 3 is 2.68 bits per heavy atom. The van der Waals surface area contributed by atoms with Gasteiger partial charge in [-0.05, 0) is 61.8 Å². The highest BCUT2D eigenvalue weighted by Gasteiger charge is 2.28. The predicted molar refractivity (Wildman–Crippen MR) is 95.0 cm³/mol. The lowest BCUT2D eigenvalue weighted by Crippen LogP contribution is -2.29. The highest BCUT2D eigenvalue weighted by molar-refractivity contribution is 5.87. The summed E-state index contributed by atoms with van der Waals surface area (Å²) in [7, 11) is 0. The molecule has 0 saturated heterocycles. The van der Waals surface area contributed by atoms with Crippen LogP contribution in [0.5, 0.6) is 0 Å². The number of rotatable bonds is 4. The molecule has 1 aliphatic heterocycles. The largest absolute Gasteiger partial charge is 0.326 e. The van der Waals surface area contributed by atoms with Crippen LogP contribution < -0.4 is 4.90 Å². The van der Waals surface area contributed by atoms with Gasteiger partial charge in [-0.1, -0.05) is 26.5 Å². The normalized spacial score (nSPS) is 18.3. The molecule has 0 N–H and O–H groups in total. The SMILES string of the molecule is C=C(C)C1=C(C)c2cc(C3CCC3)cnc2N(CCC)C1=C. The van der Waals surface area contributed by atoms with Gasteiger partial charge >= 0.3 is 0 Å². The number of fused-ring (bicyclic) bond motifs is 1. The molecule has 0 bridgehead atoms. The van der Waals surface area contributed by atoms with Gasteiger partial charge in [0, 0.05) is 29.6 Å². The Morgan fingerprint density at radius 1 is 1.41 bits per heavy atom. The lowest BCUT2D eigenvalue weighted by atomic mass is 9.79. The van der Waals surface area contributed by atoms with E-state index < -0.39 is 0 Å². The summed E-state index contributed by atoms with van der Waals surface area (Å²) >= 11 is 0. The molecule has 2 heterocycles. The van der Waals surface area contributed by atoms with Gasteiger partial charge in [-0.15, -0.1) is 0 Å². The molecule has 1 aliphatic carbocycles. The van der Waals surface area contributed by atoms with Crippen molar-refractivity contribution in [2.45, 2.75) is 52.4 Å². The minimum Gasteiger partial charge on any atom is -0.326 e. The van der Waals surface area contributed by atoms with Crippen molar-refractivity contribution in [1.29, 1.82) is 0 Å². The number of aromatic nitrogens is 1. The Kier molecular flexibility index (Phi) is 3.94. The second kappa shape index (κ2) is 5.75. The maximum atomic E-state index is 4.82. The van der Waals surface area contributed by atoms with E-state index in [4.69, 9.17) is 4.98 Å². The van der Waals surface area contributed by atoms with Gasteiger partial charge in [-0.3, -0.25) is 0 Å². The average Bonchev–Trinajstić information content (AvgIpc) is 2.41. The molecule has 1 saturated carbocycles. The van der Waals surface area contributed by atoms with Gasteiger partial charge in [0.05, 0.1) is 0 Å². The third kappa shape index (κ3) is 2.31. The minimum atomic E-state index is 0.712. The lowest BCUT2D eigenvalue weighted by Gasteiger charge is -2.35. The van der Waals surface area contributed by atoms with Gasteiger partial charge < -0.3 is 4.90 Å². The van der Waals surface area contributed by atoms with E-state index in [-0.39, 0.29) is 0 Å². The van der Waals surface area contributed by atoms with E-state index in [0.717, 1.165) is 30.1 Å². The number of hydrogen-bond donors (Lipinski definition) is 0. The van der Waals surface area contributed by atoms with Crippen molar-refractivity contribution in [3.63, 3.8) is 0 Å². The maximum absolute atomic E-state index is 4.82. The van der Waals surface area contributed by atoms with Crippen molar-refractivity contribution in [1.82, 2.24) is 4.98 Å².